The number of hydrogen-bond donors (Lipinski definition) is 4. The molecule has 2 aliphatic rings. The van der Waals surface area contributed by atoms with Gasteiger partial charge in [-0.15, -0.1) is 0 Å². The van der Waals surface area contributed by atoms with Crippen LogP contribution in [0, 0.1) is 5.41 Å². The molecule has 2 heterocycles. The second-order valence-corrected chi connectivity index (χ2v) is 10.6. The fraction of sp³-hybridized carbons (Fsp3) is 0.321. The number of carbonyl (C=O) groups excluding carboxylic acids is 3. The van der Waals surface area contributed by atoms with Crippen LogP contribution in [0.2, 0.25) is 0 Å². The SMILES string of the molecule is CC1(C)OC(=O)c2ccc(Nc3ncc(C(=O)N(N)C(=O)C4(C(F)(F)F)CC4)c(N[C@H](CO)c4ccccc4)n3)cc21. The number of aromatic nitrogens is 2. The predicted molar refractivity (Wildman–Crippen MR) is 143 cm³/mol. The lowest BCUT2D eigenvalue weighted by Crippen LogP contribution is -2.50. The van der Waals surface area contributed by atoms with Crippen LogP contribution in [0.3, 0.4) is 0 Å². The van der Waals surface area contributed by atoms with Crippen LogP contribution in [-0.2, 0) is 15.1 Å². The minimum Gasteiger partial charge on any atom is -0.451 e. The van der Waals surface area contributed by atoms with Gasteiger partial charge in [0.05, 0.1) is 18.2 Å². The molecule has 0 spiro atoms. The van der Waals surface area contributed by atoms with Gasteiger partial charge in [0.25, 0.3) is 11.8 Å². The summed E-state index contributed by atoms with van der Waals surface area (Å²) < 4.78 is 46.1. The molecule has 0 radical (unpaired) electrons. The van der Waals surface area contributed by atoms with E-state index in [1.165, 1.54) is 0 Å². The number of halogens is 3. The molecule has 1 aliphatic heterocycles. The van der Waals surface area contributed by atoms with Crippen LogP contribution in [0.4, 0.5) is 30.6 Å². The van der Waals surface area contributed by atoms with Crippen molar-refractivity contribution < 1.29 is 37.4 Å². The molecule has 0 saturated heterocycles. The lowest BCUT2D eigenvalue weighted by Gasteiger charge is -2.25. The molecule has 5 rings (SSSR count). The van der Waals surface area contributed by atoms with Crippen molar-refractivity contribution in [1.82, 2.24) is 15.0 Å². The Morgan fingerprint density at radius 3 is 2.48 bits per heavy atom. The number of ether oxygens (including phenoxy) is 1. The number of rotatable bonds is 8. The third kappa shape index (κ3) is 5.14. The highest BCUT2D eigenvalue weighted by molar-refractivity contribution is 6.08. The van der Waals surface area contributed by atoms with Gasteiger partial charge in [0.2, 0.25) is 5.95 Å². The first-order chi connectivity index (χ1) is 19.8. The number of aliphatic hydroxyl groups excluding tert-OH is 1. The number of imide groups is 1. The summed E-state index contributed by atoms with van der Waals surface area (Å²) in [6, 6.07) is 12.7. The summed E-state index contributed by atoms with van der Waals surface area (Å²) in [6.07, 6.45) is -4.81. The normalized spacial score (nSPS) is 17.1. The van der Waals surface area contributed by atoms with Crippen molar-refractivity contribution in [2.45, 2.75) is 44.5 Å². The van der Waals surface area contributed by atoms with E-state index in [1.807, 2.05) is 0 Å². The van der Waals surface area contributed by atoms with Crippen molar-refractivity contribution in [2.24, 2.45) is 11.3 Å². The highest BCUT2D eigenvalue weighted by Gasteiger charge is 2.70. The van der Waals surface area contributed by atoms with Gasteiger partial charge in [-0.2, -0.15) is 18.2 Å². The first kappa shape index (κ1) is 29.0. The number of nitrogens with zero attached hydrogens (tertiary/aromatic N) is 3. The van der Waals surface area contributed by atoms with E-state index < -0.39 is 66.0 Å². The Balaban J connectivity index is 1.49. The summed E-state index contributed by atoms with van der Waals surface area (Å²) >= 11 is 0. The van der Waals surface area contributed by atoms with Gasteiger partial charge >= 0.3 is 12.1 Å². The van der Waals surface area contributed by atoms with E-state index in [2.05, 4.69) is 20.6 Å². The first-order valence-corrected chi connectivity index (χ1v) is 12.9. The molecule has 1 atom stereocenters. The second kappa shape index (κ2) is 10.4. The number of hydrazine groups is 1. The molecule has 0 unspecified atom stereocenters. The Labute approximate surface area is 237 Å². The fourth-order valence-electron chi connectivity index (χ4n) is 4.76. The maximum atomic E-state index is 13.6. The summed E-state index contributed by atoms with van der Waals surface area (Å²) in [5.41, 5.74) is -1.85. The van der Waals surface area contributed by atoms with Crippen LogP contribution in [0.15, 0.2) is 54.7 Å². The molecule has 1 aliphatic carbocycles. The molecule has 1 aromatic heterocycles. The van der Waals surface area contributed by atoms with Crippen molar-refractivity contribution >= 4 is 35.2 Å². The van der Waals surface area contributed by atoms with Gasteiger partial charge in [0, 0.05) is 17.4 Å². The number of esters is 1. The van der Waals surface area contributed by atoms with Crippen LogP contribution < -0.4 is 16.5 Å². The number of amides is 2. The quantitative estimate of drug-likeness (QED) is 0.100. The summed E-state index contributed by atoms with van der Waals surface area (Å²) in [4.78, 5) is 46.6. The van der Waals surface area contributed by atoms with Crippen LogP contribution in [-0.4, -0.2) is 50.7 Å². The van der Waals surface area contributed by atoms with Crippen LogP contribution in [0.1, 0.15) is 64.6 Å². The molecule has 14 heteroatoms. The van der Waals surface area contributed by atoms with E-state index in [0.29, 0.717) is 22.4 Å². The number of nitrogens with one attached hydrogen (secondary N) is 2. The lowest BCUT2D eigenvalue weighted by molar-refractivity contribution is -0.196. The topological polar surface area (TPSA) is 160 Å². The zero-order valence-corrected chi connectivity index (χ0v) is 22.5. The Morgan fingerprint density at radius 2 is 1.86 bits per heavy atom. The monoisotopic (exact) mass is 584 g/mol. The summed E-state index contributed by atoms with van der Waals surface area (Å²) in [6.45, 7) is 3.03. The third-order valence-electron chi connectivity index (χ3n) is 7.35. The Bertz CT molecular complexity index is 1560. The molecule has 220 valence electrons. The Kier molecular flexibility index (Phi) is 7.15. The van der Waals surface area contributed by atoms with Gasteiger partial charge in [0.1, 0.15) is 22.4 Å². The third-order valence-corrected chi connectivity index (χ3v) is 7.35. The molecule has 2 aromatic carbocycles. The fourth-order valence-corrected chi connectivity index (χ4v) is 4.76. The minimum atomic E-state index is -4.87. The molecular weight excluding hydrogens is 557 g/mol. The van der Waals surface area contributed by atoms with E-state index in [4.69, 9.17) is 10.6 Å². The van der Waals surface area contributed by atoms with Gasteiger partial charge in [-0.25, -0.2) is 20.6 Å². The van der Waals surface area contributed by atoms with E-state index >= 15 is 0 Å². The number of alkyl halides is 3. The summed E-state index contributed by atoms with van der Waals surface area (Å²) in [5, 5.41) is 15.9. The zero-order valence-electron chi connectivity index (χ0n) is 22.5. The van der Waals surface area contributed by atoms with E-state index in [-0.39, 0.29) is 16.8 Å². The van der Waals surface area contributed by atoms with Gasteiger partial charge in [-0.3, -0.25) is 9.59 Å². The number of nitrogens with two attached hydrogens (primary N) is 1. The molecular formula is C28H27F3N6O5. The van der Waals surface area contributed by atoms with E-state index in [9.17, 15) is 32.7 Å². The molecule has 1 saturated carbocycles. The number of anilines is 3. The van der Waals surface area contributed by atoms with Crippen LogP contribution in [0.25, 0.3) is 0 Å². The second-order valence-electron chi connectivity index (χ2n) is 10.6. The molecule has 2 amide bonds. The lowest BCUT2D eigenvalue weighted by atomic mass is 9.95. The number of hydrogen-bond acceptors (Lipinski definition) is 10. The largest absolute Gasteiger partial charge is 0.451 e. The van der Waals surface area contributed by atoms with E-state index in [1.54, 1.807) is 62.4 Å². The smallest absolute Gasteiger partial charge is 0.403 e. The molecule has 3 aromatic rings. The van der Waals surface area contributed by atoms with E-state index in [0.717, 1.165) is 6.20 Å². The van der Waals surface area contributed by atoms with Crippen LogP contribution >= 0.6 is 0 Å². The van der Waals surface area contributed by atoms with Gasteiger partial charge in [-0.05, 0) is 50.5 Å². The number of carbonyl (C=O) groups is 3. The number of cyclic esters (lactones) is 1. The average molecular weight is 585 g/mol. The Morgan fingerprint density at radius 1 is 1.17 bits per heavy atom. The van der Waals surface area contributed by atoms with Gasteiger partial charge in [-0.1, -0.05) is 30.3 Å². The molecule has 1 fully saturated rings. The number of aliphatic hydroxyl groups is 1. The van der Waals surface area contributed by atoms with Gasteiger partial charge in [0.15, 0.2) is 0 Å². The summed E-state index contributed by atoms with van der Waals surface area (Å²) in [7, 11) is 0. The van der Waals surface area contributed by atoms with Crippen molar-refractivity contribution in [3.63, 3.8) is 0 Å². The average Bonchev–Trinajstić information content (AvgIpc) is 3.74. The number of benzene rings is 2. The highest BCUT2D eigenvalue weighted by atomic mass is 19.4. The number of fused-ring (bicyclic) bond motifs is 1. The van der Waals surface area contributed by atoms with Crippen molar-refractivity contribution in [3.05, 3.63) is 77.0 Å². The highest BCUT2D eigenvalue weighted by Crippen LogP contribution is 2.58. The van der Waals surface area contributed by atoms with Gasteiger partial charge < -0.3 is 20.5 Å². The molecule has 11 nitrogen and oxygen atoms in total. The maximum Gasteiger partial charge on any atom is 0.403 e. The van der Waals surface area contributed by atoms with Crippen molar-refractivity contribution in [2.75, 3.05) is 17.2 Å². The predicted octanol–water partition coefficient (Wildman–Crippen LogP) is 3.96. The maximum absolute atomic E-state index is 13.6. The first-order valence-electron chi connectivity index (χ1n) is 12.9. The standard InChI is InChI=1S/C28H27F3N6O5/c1-26(2)19-12-16(8-9-17(19)23(40)42-26)34-25-33-13-18(21(36-25)35-20(14-38)15-6-4-3-5-7-15)22(39)37(32)24(41)27(10-11-27)28(29,30)31/h3-9,12-13,20,38H,10-11,14,32H2,1-2H3,(H2,33,34,35,36)/t20-/m1/s1. The zero-order chi connectivity index (χ0) is 30.4. The Hall–Kier alpha value is -4.56. The van der Waals surface area contributed by atoms with Crippen LogP contribution in [0.5, 0.6) is 0 Å². The van der Waals surface area contributed by atoms with Crippen molar-refractivity contribution in [3.8, 4) is 0 Å². The molecule has 5 N–H and O–H groups in total. The molecule has 0 bridgehead atoms. The molecule has 42 heavy (non-hydrogen) atoms. The summed E-state index contributed by atoms with van der Waals surface area (Å²) in [5.74, 6) is 2.13. The minimum absolute atomic E-state index is 0.0364. The van der Waals surface area contributed by atoms with Crippen molar-refractivity contribution in [1.29, 1.82) is 0 Å².